The molecule has 138 valence electrons. The Labute approximate surface area is 158 Å². The molecule has 1 unspecified atom stereocenters. The fourth-order valence-corrected chi connectivity index (χ4v) is 4.02. The minimum atomic E-state index is -0.397. The summed E-state index contributed by atoms with van der Waals surface area (Å²) in [5.41, 5.74) is 2.08. The van der Waals surface area contributed by atoms with Gasteiger partial charge in [0.05, 0.1) is 17.3 Å². The van der Waals surface area contributed by atoms with Gasteiger partial charge in [-0.2, -0.15) is 5.26 Å². The van der Waals surface area contributed by atoms with E-state index in [0.717, 1.165) is 50.5 Å². The topological polar surface area (TPSA) is 50.6 Å². The number of nitriles is 1. The summed E-state index contributed by atoms with van der Waals surface area (Å²) in [4.78, 5) is 19.1. The largest absolute Gasteiger partial charge is 0.368 e. The zero-order valence-electron chi connectivity index (χ0n) is 15.0. The molecule has 6 heteroatoms. The second-order valence-electron chi connectivity index (χ2n) is 6.93. The zero-order chi connectivity index (χ0) is 18.8. The average Bonchev–Trinajstić information content (AvgIpc) is 3.10. The summed E-state index contributed by atoms with van der Waals surface area (Å²) in [5, 5.41) is 9.27. The van der Waals surface area contributed by atoms with Gasteiger partial charge in [-0.3, -0.25) is 9.69 Å². The van der Waals surface area contributed by atoms with Crippen molar-refractivity contribution in [1.29, 1.82) is 5.26 Å². The fraction of sp³-hybridized carbons (Fsp3) is 0.333. The summed E-state index contributed by atoms with van der Waals surface area (Å²) >= 11 is 0. The highest BCUT2D eigenvalue weighted by Crippen LogP contribution is 2.27. The van der Waals surface area contributed by atoms with Crippen molar-refractivity contribution in [1.82, 2.24) is 4.90 Å². The smallest absolute Gasteiger partial charge is 0.244 e. The van der Waals surface area contributed by atoms with Gasteiger partial charge in [0.15, 0.2) is 0 Å². The van der Waals surface area contributed by atoms with E-state index in [1.165, 1.54) is 12.1 Å². The number of hydrogen-bond acceptors (Lipinski definition) is 4. The first-order valence-electron chi connectivity index (χ1n) is 9.22. The molecule has 2 heterocycles. The van der Waals surface area contributed by atoms with Gasteiger partial charge >= 0.3 is 0 Å². The van der Waals surface area contributed by atoms with E-state index in [1.807, 2.05) is 35.2 Å². The van der Waals surface area contributed by atoms with E-state index in [0.29, 0.717) is 5.56 Å². The van der Waals surface area contributed by atoms with E-state index in [2.05, 4.69) is 15.9 Å². The molecule has 2 aliphatic heterocycles. The summed E-state index contributed by atoms with van der Waals surface area (Å²) in [6, 6.07) is 16.1. The summed E-state index contributed by atoms with van der Waals surface area (Å²) in [7, 11) is 0. The molecule has 1 amide bonds. The molecule has 0 N–H and O–H groups in total. The summed E-state index contributed by atoms with van der Waals surface area (Å²) < 4.78 is 13.4. The van der Waals surface area contributed by atoms with Gasteiger partial charge in [-0.1, -0.05) is 18.2 Å². The molecule has 1 atom stereocenters. The van der Waals surface area contributed by atoms with Crippen molar-refractivity contribution in [2.75, 3.05) is 42.5 Å². The molecule has 0 saturated carbocycles. The van der Waals surface area contributed by atoms with Crippen molar-refractivity contribution in [3.05, 3.63) is 59.9 Å². The van der Waals surface area contributed by atoms with Crippen LogP contribution in [0.5, 0.6) is 0 Å². The maximum atomic E-state index is 13.4. The Morgan fingerprint density at radius 3 is 2.44 bits per heavy atom. The molecule has 0 radical (unpaired) electrons. The van der Waals surface area contributed by atoms with Gasteiger partial charge in [-0.15, -0.1) is 0 Å². The minimum Gasteiger partial charge on any atom is -0.368 e. The molecule has 0 bridgehead atoms. The number of hydrogen-bond donors (Lipinski definition) is 0. The number of benzene rings is 2. The maximum absolute atomic E-state index is 13.4. The van der Waals surface area contributed by atoms with Crippen LogP contribution in [0.3, 0.4) is 0 Å². The number of nitrogens with zero attached hydrogens (tertiary/aromatic N) is 4. The van der Waals surface area contributed by atoms with Crippen LogP contribution in [0.4, 0.5) is 15.8 Å². The predicted molar refractivity (Wildman–Crippen MR) is 102 cm³/mol. The van der Waals surface area contributed by atoms with Crippen molar-refractivity contribution in [2.24, 2.45) is 0 Å². The van der Waals surface area contributed by atoms with Crippen LogP contribution < -0.4 is 9.80 Å². The molecule has 2 aromatic carbocycles. The van der Waals surface area contributed by atoms with Crippen LogP contribution >= 0.6 is 0 Å². The Hall–Kier alpha value is -2.91. The summed E-state index contributed by atoms with van der Waals surface area (Å²) in [6.45, 7) is 3.68. The van der Waals surface area contributed by atoms with Gasteiger partial charge in [0.25, 0.3) is 0 Å². The highest BCUT2D eigenvalue weighted by atomic mass is 19.1. The predicted octanol–water partition coefficient (Wildman–Crippen LogP) is 2.62. The molecular weight excluding hydrogens is 343 g/mol. The Kier molecular flexibility index (Phi) is 4.78. The molecule has 27 heavy (non-hydrogen) atoms. The molecule has 2 saturated heterocycles. The SMILES string of the molecule is N#Cc1cc(F)ccc1N1CCN(C2CCN(c3ccccc3)C2=O)CC1. The summed E-state index contributed by atoms with van der Waals surface area (Å²) in [6.07, 6.45) is 0.827. The van der Waals surface area contributed by atoms with Crippen LogP contribution in [0, 0.1) is 17.1 Å². The molecule has 0 aliphatic carbocycles. The number of halogens is 1. The van der Waals surface area contributed by atoms with Gasteiger partial charge in [0.2, 0.25) is 5.91 Å². The van der Waals surface area contributed by atoms with Gasteiger partial charge in [-0.05, 0) is 36.8 Å². The Bertz CT molecular complexity index is 871. The number of rotatable bonds is 3. The van der Waals surface area contributed by atoms with Crippen molar-refractivity contribution >= 4 is 17.3 Å². The minimum absolute atomic E-state index is 0.0870. The van der Waals surface area contributed by atoms with Gasteiger partial charge in [0, 0.05) is 38.4 Å². The molecule has 0 aromatic heterocycles. The van der Waals surface area contributed by atoms with Gasteiger partial charge < -0.3 is 9.80 Å². The number of para-hydroxylation sites is 1. The number of amides is 1. The first-order valence-corrected chi connectivity index (χ1v) is 9.22. The molecule has 2 aliphatic rings. The van der Waals surface area contributed by atoms with Crippen molar-refractivity contribution in [3.8, 4) is 6.07 Å². The average molecular weight is 364 g/mol. The van der Waals surface area contributed by atoms with E-state index in [4.69, 9.17) is 0 Å². The standard InChI is InChI=1S/C21H21FN4O/c22-17-6-7-19(16(14-17)15-23)24-10-12-25(13-11-24)20-8-9-26(21(20)27)18-4-2-1-3-5-18/h1-7,14,20H,8-13H2. The van der Waals surface area contributed by atoms with Crippen LogP contribution in [0.25, 0.3) is 0 Å². The highest BCUT2D eigenvalue weighted by molar-refractivity contribution is 5.99. The lowest BCUT2D eigenvalue weighted by molar-refractivity contribution is -0.121. The third-order valence-electron chi connectivity index (χ3n) is 5.42. The first kappa shape index (κ1) is 17.5. The fourth-order valence-electron chi connectivity index (χ4n) is 4.02. The third-order valence-corrected chi connectivity index (χ3v) is 5.42. The molecular formula is C21H21FN4O. The van der Waals surface area contributed by atoms with E-state index >= 15 is 0 Å². The zero-order valence-corrected chi connectivity index (χ0v) is 15.0. The highest BCUT2D eigenvalue weighted by Gasteiger charge is 2.37. The van der Waals surface area contributed by atoms with Crippen LogP contribution in [0.15, 0.2) is 48.5 Å². The molecule has 4 rings (SSSR count). The van der Waals surface area contributed by atoms with E-state index in [-0.39, 0.29) is 11.9 Å². The number of carbonyl (C=O) groups is 1. The lowest BCUT2D eigenvalue weighted by atomic mass is 10.1. The molecule has 5 nitrogen and oxygen atoms in total. The van der Waals surface area contributed by atoms with E-state index < -0.39 is 5.82 Å². The molecule has 0 spiro atoms. The summed E-state index contributed by atoms with van der Waals surface area (Å²) in [5.74, 6) is -0.236. The number of carbonyl (C=O) groups excluding carboxylic acids is 1. The second kappa shape index (κ2) is 7.37. The second-order valence-corrected chi connectivity index (χ2v) is 6.93. The van der Waals surface area contributed by atoms with Crippen molar-refractivity contribution in [2.45, 2.75) is 12.5 Å². The van der Waals surface area contributed by atoms with Crippen molar-refractivity contribution in [3.63, 3.8) is 0 Å². The first-order chi connectivity index (χ1) is 13.2. The number of piperazine rings is 1. The maximum Gasteiger partial charge on any atom is 0.244 e. The number of anilines is 2. The van der Waals surface area contributed by atoms with Crippen LogP contribution in [-0.4, -0.2) is 49.6 Å². The van der Waals surface area contributed by atoms with Crippen LogP contribution in [0.1, 0.15) is 12.0 Å². The van der Waals surface area contributed by atoms with Crippen LogP contribution in [-0.2, 0) is 4.79 Å². The Balaban J connectivity index is 1.42. The quantitative estimate of drug-likeness (QED) is 0.840. The van der Waals surface area contributed by atoms with Crippen LogP contribution in [0.2, 0.25) is 0 Å². The Morgan fingerprint density at radius 1 is 1.00 bits per heavy atom. The monoisotopic (exact) mass is 364 g/mol. The lowest BCUT2D eigenvalue weighted by Gasteiger charge is -2.38. The molecule has 2 fully saturated rings. The van der Waals surface area contributed by atoms with Gasteiger partial charge in [0.1, 0.15) is 11.9 Å². The van der Waals surface area contributed by atoms with Gasteiger partial charge in [-0.25, -0.2) is 4.39 Å². The van der Waals surface area contributed by atoms with E-state index in [9.17, 15) is 14.4 Å². The van der Waals surface area contributed by atoms with Crippen molar-refractivity contribution < 1.29 is 9.18 Å². The lowest BCUT2D eigenvalue weighted by Crippen LogP contribution is -2.52. The van der Waals surface area contributed by atoms with E-state index in [1.54, 1.807) is 6.07 Å². The Morgan fingerprint density at radius 2 is 1.74 bits per heavy atom. The normalized spacial score (nSPS) is 20.7. The molecule has 2 aromatic rings. The third kappa shape index (κ3) is 3.38.